The number of amides is 1. The number of benzene rings is 6. The number of nitrogens with two attached hydrogens (primary N) is 1. The van der Waals surface area contributed by atoms with Gasteiger partial charge in [-0.25, -0.2) is 9.59 Å². The molecular weight excluding hydrogens is 872 g/mol. The molecule has 346 valence electrons. The number of hydrogen-bond acceptors (Lipinski definition) is 12. The number of nitrogens with zero attached hydrogens (tertiary/aromatic N) is 1. The molecule has 6 aromatic carbocycles. The molecule has 0 radical (unpaired) electrons. The van der Waals surface area contributed by atoms with Gasteiger partial charge >= 0.3 is 87.2 Å². The fourth-order valence-electron chi connectivity index (χ4n) is 6.74. The van der Waals surface area contributed by atoms with Crippen LogP contribution in [0.1, 0.15) is 61.8 Å². The summed E-state index contributed by atoms with van der Waals surface area (Å²) in [5, 5.41) is 24.8. The van der Waals surface area contributed by atoms with Crippen LogP contribution in [0.4, 0.5) is 11.4 Å². The van der Waals surface area contributed by atoms with E-state index < -0.39 is 18.0 Å². The van der Waals surface area contributed by atoms with E-state index in [1.54, 1.807) is 60.7 Å². The Bertz CT molecular complexity index is 3000. The number of carbonyl (C=O) groups is 2. The number of ether oxygens (including phenoxy) is 1. The van der Waals surface area contributed by atoms with E-state index in [1.165, 1.54) is 68.9 Å². The molecule has 5 N–H and O–H groups in total. The second-order valence-electron chi connectivity index (χ2n) is 14.7. The number of halogens is 1. The summed E-state index contributed by atoms with van der Waals surface area (Å²) < 4.78 is 25.7. The molecule has 8 aromatic rings. The van der Waals surface area contributed by atoms with Crippen LogP contribution >= 0.6 is 11.6 Å². The third-order valence-corrected chi connectivity index (χ3v) is 10.7. The van der Waals surface area contributed by atoms with Crippen LogP contribution in [0.15, 0.2) is 152 Å². The summed E-state index contributed by atoms with van der Waals surface area (Å²) in [5.41, 5.74) is 8.86. The van der Waals surface area contributed by atoms with Crippen LogP contribution in [0.5, 0.6) is 0 Å². The third-order valence-electron chi connectivity index (χ3n) is 10.4. The van der Waals surface area contributed by atoms with Crippen molar-refractivity contribution < 1.29 is 37.9 Å². The predicted molar refractivity (Wildman–Crippen MR) is 272 cm³/mol. The second kappa shape index (κ2) is 26.4. The molecule has 67 heavy (non-hydrogen) atoms. The first kappa shape index (κ1) is 52.9. The molecule has 9 rings (SSSR count). The van der Waals surface area contributed by atoms with E-state index in [0.29, 0.717) is 62.5 Å². The van der Waals surface area contributed by atoms with E-state index in [4.69, 9.17) is 41.0 Å². The zero-order valence-electron chi connectivity index (χ0n) is 36.9. The van der Waals surface area contributed by atoms with E-state index in [-0.39, 0.29) is 19.0 Å². The van der Waals surface area contributed by atoms with Gasteiger partial charge in [0.2, 0.25) is 0 Å². The van der Waals surface area contributed by atoms with Crippen molar-refractivity contribution in [2.45, 2.75) is 41.0 Å². The van der Waals surface area contributed by atoms with E-state index >= 15 is 0 Å². The van der Waals surface area contributed by atoms with Crippen molar-refractivity contribution >= 4 is 103 Å². The van der Waals surface area contributed by atoms with Gasteiger partial charge in [0.25, 0.3) is 5.91 Å². The molecule has 2 aromatic heterocycles. The molecule has 16 heteroatoms. The smallest absolute Gasteiger partial charge is 0.423 e. The Labute approximate surface area is 394 Å². The Morgan fingerprint density at radius 2 is 1.15 bits per heavy atom. The monoisotopic (exact) mass is 925 g/mol. The first-order chi connectivity index (χ1) is 31.9. The Hall–Kier alpha value is -6.74. The molecule has 3 heterocycles. The number of nitrogen functional groups attached to an aromatic ring is 1. The number of anilines is 2. The summed E-state index contributed by atoms with van der Waals surface area (Å²) in [6.07, 6.45) is 2.56. The molecule has 1 fully saturated rings. The van der Waals surface area contributed by atoms with Gasteiger partial charge < -0.3 is 39.6 Å². The fourth-order valence-corrected chi connectivity index (χ4v) is 6.87. The van der Waals surface area contributed by atoms with Crippen molar-refractivity contribution in [2.75, 3.05) is 43.9 Å². The largest absolute Gasteiger partial charge is 0.488 e. The van der Waals surface area contributed by atoms with Gasteiger partial charge in [-0.3, -0.25) is 4.79 Å². The van der Waals surface area contributed by atoms with Gasteiger partial charge in [-0.05, 0) is 109 Å². The standard InChI is InChI=1S/C20H14BNO5.C13H9NO2.C7H4BClO2.C6H15N.C4H8O.CH4/c23-19(12-5-7-13(8-6-12)21(25)26)22-14-9-10-18-17(11-14)15-3-1-2-4-16(15)20(24)27-18;14-8-5-6-12-11(7-8)9-3-1-2-4-10(9)13(15)16-12;9-7(10)5-1-3-6(8-11)4-2-5;1-4-7(5-2)6-3;1-2-4-5-3-1;/h1-11,25-26H,(H,22,23);1-7H,14H2;1-4H;4-6H2,1-3H3;1-4H2;1H4. The number of rotatable bonds is 8. The van der Waals surface area contributed by atoms with Crippen LogP contribution in [0.2, 0.25) is 0 Å². The van der Waals surface area contributed by atoms with Gasteiger partial charge in [-0.1, -0.05) is 76.7 Å². The molecule has 1 aliphatic heterocycles. The minimum atomic E-state index is -1.58. The number of carbonyl (C=O) groups excluding carboxylic acids is 2. The Morgan fingerprint density at radius 3 is 1.58 bits per heavy atom. The molecule has 1 amide bonds. The fraction of sp³-hybridized carbons (Fsp3) is 0.216. The zero-order chi connectivity index (χ0) is 47.6. The van der Waals surface area contributed by atoms with Crippen LogP contribution in [-0.4, -0.2) is 73.2 Å². The van der Waals surface area contributed by atoms with Crippen LogP contribution in [-0.2, 0) is 9.44 Å². The number of nitrogens with one attached hydrogen (secondary N) is 1. The first-order valence-corrected chi connectivity index (χ1v) is 21.7. The SMILES string of the molecule is C.C1CCOC1.CCN(CC)CC.Nc1ccc2oc(=O)c3ccccc3c2c1.O=Bc1ccc(C(=O)Cl)cc1.O=C(Nc1ccc2oc(=O)c3ccccc3c2c1)c1ccc(B(O)O)cc1. The molecular formula is C51H54B2ClN3O10. The van der Waals surface area contributed by atoms with Crippen molar-refractivity contribution in [2.24, 2.45) is 0 Å². The normalized spacial score (nSPS) is 11.3. The molecule has 0 spiro atoms. The minimum absolute atomic E-state index is 0. The maximum absolute atomic E-state index is 12.4. The molecule has 0 aliphatic carbocycles. The molecule has 13 nitrogen and oxygen atoms in total. The van der Waals surface area contributed by atoms with Gasteiger partial charge in [-0.15, -0.1) is 0 Å². The van der Waals surface area contributed by atoms with Gasteiger partial charge in [0.15, 0.2) is 0 Å². The van der Waals surface area contributed by atoms with Crippen molar-refractivity contribution in [1.29, 1.82) is 0 Å². The van der Waals surface area contributed by atoms with Crippen LogP contribution in [0.3, 0.4) is 0 Å². The molecule has 0 unspecified atom stereocenters. The van der Waals surface area contributed by atoms with Gasteiger partial charge in [0, 0.05) is 40.9 Å². The van der Waals surface area contributed by atoms with Crippen molar-refractivity contribution in [1.82, 2.24) is 4.90 Å². The first-order valence-electron chi connectivity index (χ1n) is 21.4. The quantitative estimate of drug-likeness (QED) is 0.0378. The minimum Gasteiger partial charge on any atom is -0.423 e. The van der Waals surface area contributed by atoms with Crippen LogP contribution in [0.25, 0.3) is 43.5 Å². The maximum atomic E-state index is 12.4. The summed E-state index contributed by atoms with van der Waals surface area (Å²) in [5.74, 6) is -0.338. The van der Waals surface area contributed by atoms with E-state index in [1.807, 2.05) is 36.4 Å². The van der Waals surface area contributed by atoms with E-state index in [9.17, 15) is 23.9 Å². The van der Waals surface area contributed by atoms with Crippen molar-refractivity contribution in [3.8, 4) is 0 Å². The zero-order valence-corrected chi connectivity index (χ0v) is 37.6. The van der Waals surface area contributed by atoms with E-state index in [2.05, 4.69) is 31.0 Å². The van der Waals surface area contributed by atoms with Gasteiger partial charge in [-0.2, -0.15) is 0 Å². The topological polar surface area (TPSA) is 203 Å². The summed E-state index contributed by atoms with van der Waals surface area (Å²) in [7, 11) is -0.867. The predicted octanol–water partition coefficient (Wildman–Crippen LogP) is 7.93. The molecule has 0 atom stereocenters. The molecule has 1 saturated heterocycles. The van der Waals surface area contributed by atoms with Gasteiger partial charge in [0.1, 0.15) is 11.2 Å². The number of hydrogen-bond donors (Lipinski definition) is 4. The summed E-state index contributed by atoms with van der Waals surface area (Å²) in [4.78, 5) is 49.1. The average molecular weight is 926 g/mol. The van der Waals surface area contributed by atoms with Crippen LogP contribution in [0, 0.1) is 0 Å². The average Bonchev–Trinajstić information content (AvgIpc) is 3.94. The van der Waals surface area contributed by atoms with Crippen molar-refractivity contribution in [3.63, 3.8) is 0 Å². The molecule has 0 saturated carbocycles. The van der Waals surface area contributed by atoms with Crippen molar-refractivity contribution in [3.05, 3.63) is 165 Å². The van der Waals surface area contributed by atoms with Gasteiger partial charge in [0.05, 0.1) is 10.8 Å². The number of fused-ring (bicyclic) bond motifs is 6. The summed E-state index contributed by atoms with van der Waals surface area (Å²) in [6.45, 7) is 12.1. The second-order valence-corrected chi connectivity index (χ2v) is 15.1. The van der Waals surface area contributed by atoms with E-state index in [0.717, 1.165) is 34.8 Å². The Morgan fingerprint density at radius 1 is 0.672 bits per heavy atom. The summed E-state index contributed by atoms with van der Waals surface area (Å²) in [6, 6.07) is 36.9. The molecule has 0 bridgehead atoms. The third kappa shape index (κ3) is 14.9. The Kier molecular flexibility index (Phi) is 20.8. The molecule has 1 aliphatic rings. The Balaban J connectivity index is 0.000000207. The van der Waals surface area contributed by atoms with Crippen LogP contribution < -0.4 is 33.2 Å². The maximum Gasteiger partial charge on any atom is 0.488 e. The summed E-state index contributed by atoms with van der Waals surface area (Å²) >= 11 is 5.17.